The molecule has 20 heavy (non-hydrogen) atoms. The first-order valence-electron chi connectivity index (χ1n) is 5.95. The van der Waals surface area contributed by atoms with Crippen molar-refractivity contribution in [1.82, 2.24) is 0 Å². The predicted molar refractivity (Wildman–Crippen MR) is 84.5 cm³/mol. The Balaban J connectivity index is 2.19. The van der Waals surface area contributed by atoms with Crippen LogP contribution in [0.25, 0.3) is 0 Å². The minimum Gasteiger partial charge on any atom is -0.312 e. The summed E-state index contributed by atoms with van der Waals surface area (Å²) in [6, 6.07) is 7.10. The summed E-state index contributed by atoms with van der Waals surface area (Å²) in [6.07, 6.45) is 2.97. The molecule has 0 N–H and O–H groups in total. The van der Waals surface area contributed by atoms with E-state index in [9.17, 15) is 9.59 Å². The van der Waals surface area contributed by atoms with Crippen molar-refractivity contribution in [1.29, 1.82) is 0 Å². The molecule has 0 unspecified atom stereocenters. The van der Waals surface area contributed by atoms with E-state index < -0.39 is 5.97 Å². The largest absolute Gasteiger partial charge is 0.366 e. The lowest BCUT2D eigenvalue weighted by Crippen LogP contribution is -2.12. The minimum absolute atomic E-state index is 0.0506. The molecule has 0 spiro atoms. The van der Waals surface area contributed by atoms with Crippen molar-refractivity contribution >= 4 is 40.1 Å². The van der Waals surface area contributed by atoms with Crippen LogP contribution in [0, 0.1) is 3.57 Å². The summed E-state index contributed by atoms with van der Waals surface area (Å²) < 4.78 is 0.799. The Morgan fingerprint density at radius 1 is 1.15 bits per heavy atom. The maximum atomic E-state index is 11.9. The van der Waals surface area contributed by atoms with Crippen LogP contribution >= 0.6 is 22.6 Å². The summed E-state index contributed by atoms with van der Waals surface area (Å²) in [7, 11) is 0. The molecule has 0 fully saturated rings. The molecule has 1 aromatic rings. The van der Waals surface area contributed by atoms with Gasteiger partial charge in [-0.3, -0.25) is 4.79 Å². The second kappa shape index (κ2) is 6.13. The predicted octanol–water partition coefficient (Wildman–Crippen LogP) is 3.28. The number of carbonyl (C=O) groups excluding carboxylic acids is 2. The summed E-state index contributed by atoms with van der Waals surface area (Å²) in [5.41, 5.74) is 2.28. The van der Waals surface area contributed by atoms with Crippen LogP contribution in [-0.4, -0.2) is 17.5 Å². The average molecular weight is 381 g/mol. The average Bonchev–Trinajstić information content (AvgIpc) is 2.44. The van der Waals surface area contributed by atoms with E-state index in [1.165, 1.54) is 6.08 Å². The van der Waals surface area contributed by atoms with Crippen LogP contribution in [0.15, 0.2) is 52.7 Å². The highest BCUT2D eigenvalue weighted by atomic mass is 127. The van der Waals surface area contributed by atoms with E-state index in [1.54, 1.807) is 32.1 Å². The van der Waals surface area contributed by atoms with Gasteiger partial charge in [-0.25, -0.2) is 4.79 Å². The van der Waals surface area contributed by atoms with E-state index >= 15 is 0 Å². The topological polar surface area (TPSA) is 55.7 Å². The second-order valence-corrected chi connectivity index (χ2v) is 5.44. The molecule has 2 rings (SSSR count). The highest BCUT2D eigenvalue weighted by Gasteiger charge is 2.16. The van der Waals surface area contributed by atoms with Gasteiger partial charge < -0.3 is 4.84 Å². The number of hydrogen-bond acceptors (Lipinski definition) is 4. The number of ketones is 1. The van der Waals surface area contributed by atoms with Crippen molar-refractivity contribution in [3.05, 3.63) is 56.7 Å². The van der Waals surface area contributed by atoms with Crippen molar-refractivity contribution in [3.8, 4) is 0 Å². The second-order valence-electron chi connectivity index (χ2n) is 4.28. The van der Waals surface area contributed by atoms with E-state index in [2.05, 4.69) is 27.7 Å². The molecule has 0 aliphatic heterocycles. The first kappa shape index (κ1) is 14.6. The van der Waals surface area contributed by atoms with Crippen LogP contribution in [0.5, 0.6) is 0 Å². The quantitative estimate of drug-likeness (QED) is 0.342. The summed E-state index contributed by atoms with van der Waals surface area (Å²) in [5, 5.41) is 3.83. The third kappa shape index (κ3) is 3.04. The molecule has 0 saturated carbocycles. The molecule has 0 aromatic heterocycles. The lowest BCUT2D eigenvalue weighted by atomic mass is 9.97. The van der Waals surface area contributed by atoms with Gasteiger partial charge in [0.15, 0.2) is 5.78 Å². The molecule has 0 bridgehead atoms. The third-order valence-corrected chi connectivity index (χ3v) is 3.97. The highest BCUT2D eigenvalue weighted by molar-refractivity contribution is 14.1. The van der Waals surface area contributed by atoms with E-state index in [4.69, 9.17) is 4.84 Å². The van der Waals surface area contributed by atoms with Gasteiger partial charge in [0.1, 0.15) is 5.71 Å². The lowest BCUT2D eigenvalue weighted by Gasteiger charge is -2.09. The van der Waals surface area contributed by atoms with Gasteiger partial charge in [0.2, 0.25) is 0 Å². The highest BCUT2D eigenvalue weighted by Crippen LogP contribution is 2.16. The molecule has 102 valence electrons. The first-order valence-corrected chi connectivity index (χ1v) is 7.02. The standard InChI is InChI=1S/C15H12INO3/c1-9-10(2)14(18)8-7-13(9)17-20-15(19)11-5-3-4-6-12(11)16/h3-8H,1-2H3. The molecule has 0 saturated heterocycles. The maximum Gasteiger partial charge on any atom is 0.366 e. The fourth-order valence-corrected chi connectivity index (χ4v) is 2.25. The van der Waals surface area contributed by atoms with Crippen LogP contribution in [0.3, 0.4) is 0 Å². The van der Waals surface area contributed by atoms with Crippen molar-refractivity contribution in [2.24, 2.45) is 5.16 Å². The number of halogens is 1. The van der Waals surface area contributed by atoms with Crippen LogP contribution in [0.2, 0.25) is 0 Å². The van der Waals surface area contributed by atoms with E-state index in [1.807, 2.05) is 12.1 Å². The molecule has 1 aliphatic carbocycles. The first-order chi connectivity index (χ1) is 9.50. The summed E-state index contributed by atoms with van der Waals surface area (Å²) >= 11 is 2.06. The van der Waals surface area contributed by atoms with Gasteiger partial charge in [-0.05, 0) is 66.3 Å². The smallest absolute Gasteiger partial charge is 0.312 e. The molecule has 5 heteroatoms. The third-order valence-electron chi connectivity index (χ3n) is 3.03. The van der Waals surface area contributed by atoms with Gasteiger partial charge in [-0.15, -0.1) is 0 Å². The minimum atomic E-state index is -0.516. The Morgan fingerprint density at radius 2 is 1.85 bits per heavy atom. The van der Waals surface area contributed by atoms with Crippen LogP contribution in [0.1, 0.15) is 24.2 Å². The zero-order chi connectivity index (χ0) is 14.7. The molecular formula is C15H12INO3. The monoisotopic (exact) mass is 381 g/mol. The van der Waals surface area contributed by atoms with Gasteiger partial charge >= 0.3 is 5.97 Å². The van der Waals surface area contributed by atoms with Crippen molar-refractivity contribution < 1.29 is 14.4 Å². The zero-order valence-corrected chi connectivity index (χ0v) is 13.2. The Morgan fingerprint density at radius 3 is 2.55 bits per heavy atom. The Kier molecular flexibility index (Phi) is 4.49. The lowest BCUT2D eigenvalue weighted by molar-refractivity contribution is -0.111. The molecular weight excluding hydrogens is 369 g/mol. The van der Waals surface area contributed by atoms with Gasteiger partial charge in [0.05, 0.1) is 5.56 Å². The summed E-state index contributed by atoms with van der Waals surface area (Å²) in [4.78, 5) is 28.3. The van der Waals surface area contributed by atoms with Crippen LogP contribution in [0.4, 0.5) is 0 Å². The molecule has 0 atom stereocenters. The Bertz CT molecular complexity index is 671. The van der Waals surface area contributed by atoms with Crippen LogP contribution in [-0.2, 0) is 9.63 Å². The normalized spacial score (nSPS) is 16.8. The fourth-order valence-electron chi connectivity index (χ4n) is 1.65. The number of rotatable bonds is 2. The number of allylic oxidation sites excluding steroid dienone is 4. The maximum absolute atomic E-state index is 11.9. The van der Waals surface area contributed by atoms with Crippen molar-refractivity contribution in [2.75, 3.05) is 0 Å². The Hall–Kier alpha value is -1.76. The molecule has 1 aromatic carbocycles. The van der Waals surface area contributed by atoms with Crippen LogP contribution < -0.4 is 0 Å². The summed E-state index contributed by atoms with van der Waals surface area (Å²) in [6.45, 7) is 3.49. The van der Waals surface area contributed by atoms with Gasteiger partial charge in [-0.1, -0.05) is 17.3 Å². The number of hydrogen-bond donors (Lipinski definition) is 0. The van der Waals surface area contributed by atoms with Gasteiger partial charge in [0.25, 0.3) is 0 Å². The number of oxime groups is 1. The Labute approximate surface area is 130 Å². The number of nitrogens with zero attached hydrogens (tertiary/aromatic N) is 1. The van der Waals surface area contributed by atoms with E-state index in [0.29, 0.717) is 22.4 Å². The van der Waals surface area contributed by atoms with E-state index in [-0.39, 0.29) is 5.78 Å². The molecule has 0 radical (unpaired) electrons. The SMILES string of the molecule is CC1=C(C)C(=NOC(=O)c2ccccc2I)C=CC1=O. The number of carbonyl (C=O) groups is 2. The van der Waals surface area contributed by atoms with Crippen molar-refractivity contribution in [3.63, 3.8) is 0 Å². The molecule has 0 heterocycles. The van der Waals surface area contributed by atoms with Gasteiger partial charge in [-0.2, -0.15) is 0 Å². The van der Waals surface area contributed by atoms with E-state index in [0.717, 1.165) is 3.57 Å². The molecule has 0 amide bonds. The fraction of sp³-hybridized carbons (Fsp3) is 0.133. The molecule has 4 nitrogen and oxygen atoms in total. The van der Waals surface area contributed by atoms with Crippen molar-refractivity contribution in [2.45, 2.75) is 13.8 Å². The number of benzene rings is 1. The zero-order valence-electron chi connectivity index (χ0n) is 11.0. The van der Waals surface area contributed by atoms with Gasteiger partial charge in [0, 0.05) is 9.14 Å². The summed E-state index contributed by atoms with van der Waals surface area (Å²) in [5.74, 6) is -0.566. The molecule has 1 aliphatic rings.